The Balaban J connectivity index is 1.52. The van der Waals surface area contributed by atoms with Gasteiger partial charge in [-0.25, -0.2) is 4.98 Å². The number of rotatable bonds is 4. The number of ether oxygens (including phenoxy) is 1. The maximum Gasteiger partial charge on any atom is 0.129 e. The summed E-state index contributed by atoms with van der Waals surface area (Å²) >= 11 is 0. The van der Waals surface area contributed by atoms with Crippen molar-refractivity contribution < 1.29 is 4.74 Å². The molecule has 2 heterocycles. The predicted octanol–water partition coefficient (Wildman–Crippen LogP) is 3.78. The first-order valence-corrected chi connectivity index (χ1v) is 7.25. The van der Waals surface area contributed by atoms with Crippen LogP contribution in [0.5, 0.6) is 5.75 Å². The second kappa shape index (κ2) is 5.48. The molecule has 0 aliphatic carbocycles. The third-order valence-electron chi connectivity index (χ3n) is 3.73. The lowest BCUT2D eigenvalue weighted by Gasteiger charge is -2.10. The first-order valence-electron chi connectivity index (χ1n) is 7.25. The van der Waals surface area contributed by atoms with Gasteiger partial charge in [-0.15, -0.1) is 0 Å². The van der Waals surface area contributed by atoms with E-state index in [2.05, 4.69) is 21.0 Å². The van der Waals surface area contributed by atoms with E-state index in [4.69, 9.17) is 4.74 Å². The first kappa shape index (κ1) is 12.8. The monoisotopic (exact) mass is 289 g/mol. The van der Waals surface area contributed by atoms with Crippen molar-refractivity contribution in [2.45, 2.75) is 6.42 Å². The maximum atomic E-state index is 6.00. The standard InChI is InChI=1S/C18H15N3O/c1-3-7-16-13(5-1)9-14(21-16)11-22-18-8-4-2-6-15(18)17-10-19-12-20-17/h1-8,10,12H,9,11H2,(H,19,20). The van der Waals surface area contributed by atoms with E-state index >= 15 is 0 Å². The Morgan fingerprint density at radius 3 is 2.77 bits per heavy atom. The number of hydrogen-bond acceptors (Lipinski definition) is 3. The molecule has 0 saturated carbocycles. The third-order valence-corrected chi connectivity index (χ3v) is 3.73. The van der Waals surface area contributed by atoms with E-state index in [0.29, 0.717) is 6.61 Å². The number of H-pyrrole nitrogens is 1. The molecular formula is C18H15N3O. The Bertz CT molecular complexity index is 822. The zero-order chi connectivity index (χ0) is 14.8. The number of nitrogens with zero attached hydrogens (tertiary/aromatic N) is 2. The highest BCUT2D eigenvalue weighted by Gasteiger charge is 2.15. The normalized spacial score (nSPS) is 12.8. The van der Waals surface area contributed by atoms with Crippen molar-refractivity contribution in [1.29, 1.82) is 0 Å². The van der Waals surface area contributed by atoms with Gasteiger partial charge in [-0.2, -0.15) is 0 Å². The molecule has 0 amide bonds. The Labute approximate surface area is 128 Å². The number of fused-ring (bicyclic) bond motifs is 1. The van der Waals surface area contributed by atoms with Crippen molar-refractivity contribution in [3.05, 3.63) is 66.6 Å². The number of hydrogen-bond donors (Lipinski definition) is 1. The molecule has 2 aromatic carbocycles. The maximum absolute atomic E-state index is 6.00. The van der Waals surface area contributed by atoms with Crippen LogP contribution in [0, 0.1) is 0 Å². The van der Waals surface area contributed by atoms with Gasteiger partial charge >= 0.3 is 0 Å². The van der Waals surface area contributed by atoms with Crippen LogP contribution in [0.2, 0.25) is 0 Å². The molecule has 1 aliphatic rings. The molecule has 3 aromatic rings. The highest BCUT2D eigenvalue weighted by atomic mass is 16.5. The number of aliphatic imine (C=N–C) groups is 1. The summed E-state index contributed by atoms with van der Waals surface area (Å²) in [5.41, 5.74) is 5.34. The van der Waals surface area contributed by atoms with E-state index in [9.17, 15) is 0 Å². The molecular weight excluding hydrogens is 274 g/mol. The van der Waals surface area contributed by atoms with Crippen LogP contribution in [-0.4, -0.2) is 22.3 Å². The van der Waals surface area contributed by atoms with Crippen LogP contribution >= 0.6 is 0 Å². The van der Waals surface area contributed by atoms with E-state index in [-0.39, 0.29) is 0 Å². The van der Waals surface area contributed by atoms with Crippen LogP contribution in [0.15, 0.2) is 66.0 Å². The Morgan fingerprint density at radius 2 is 1.91 bits per heavy atom. The highest BCUT2D eigenvalue weighted by molar-refractivity contribution is 5.95. The van der Waals surface area contributed by atoms with Gasteiger partial charge in [0.15, 0.2) is 0 Å². The van der Waals surface area contributed by atoms with Gasteiger partial charge in [-0.05, 0) is 23.8 Å². The van der Waals surface area contributed by atoms with Crippen molar-refractivity contribution in [2.24, 2.45) is 4.99 Å². The molecule has 0 unspecified atom stereocenters. The lowest BCUT2D eigenvalue weighted by molar-refractivity contribution is 0.376. The zero-order valence-electron chi connectivity index (χ0n) is 12.0. The summed E-state index contributed by atoms with van der Waals surface area (Å²) in [7, 11) is 0. The molecule has 22 heavy (non-hydrogen) atoms. The molecule has 0 radical (unpaired) electrons. The lowest BCUT2D eigenvalue weighted by atomic mass is 10.1. The predicted molar refractivity (Wildman–Crippen MR) is 86.8 cm³/mol. The SMILES string of the molecule is c1ccc2c(c1)CC(COc1ccccc1-c1cnc[nH]1)=N2. The van der Waals surface area contributed by atoms with Crippen LogP contribution in [0.25, 0.3) is 11.3 Å². The van der Waals surface area contributed by atoms with Crippen LogP contribution in [0.1, 0.15) is 5.56 Å². The summed E-state index contributed by atoms with van der Waals surface area (Å²) in [6.45, 7) is 0.500. The van der Waals surface area contributed by atoms with Crippen LogP contribution in [0.3, 0.4) is 0 Å². The van der Waals surface area contributed by atoms with Crippen LogP contribution < -0.4 is 4.74 Å². The van der Waals surface area contributed by atoms with Gasteiger partial charge in [-0.1, -0.05) is 30.3 Å². The van der Waals surface area contributed by atoms with Gasteiger partial charge in [0, 0.05) is 12.0 Å². The Hall–Kier alpha value is -2.88. The van der Waals surface area contributed by atoms with Crippen molar-refractivity contribution in [1.82, 2.24) is 9.97 Å². The number of aromatic amines is 1. The molecule has 108 valence electrons. The zero-order valence-corrected chi connectivity index (χ0v) is 12.0. The summed E-state index contributed by atoms with van der Waals surface area (Å²) in [4.78, 5) is 11.8. The van der Waals surface area contributed by atoms with Gasteiger partial charge in [0.2, 0.25) is 0 Å². The number of para-hydroxylation sites is 2. The van der Waals surface area contributed by atoms with E-state index < -0.39 is 0 Å². The second-order valence-electron chi connectivity index (χ2n) is 5.23. The number of aromatic nitrogens is 2. The fraction of sp³-hybridized carbons (Fsp3) is 0.111. The quantitative estimate of drug-likeness (QED) is 0.794. The van der Waals surface area contributed by atoms with Crippen LogP contribution in [0.4, 0.5) is 5.69 Å². The molecule has 0 bridgehead atoms. The fourth-order valence-electron chi connectivity index (χ4n) is 2.66. The molecule has 0 atom stereocenters. The molecule has 1 N–H and O–H groups in total. The first-order chi connectivity index (χ1) is 10.9. The lowest BCUT2D eigenvalue weighted by Crippen LogP contribution is -2.11. The minimum absolute atomic E-state index is 0.500. The Morgan fingerprint density at radius 1 is 1.05 bits per heavy atom. The van der Waals surface area contributed by atoms with E-state index in [1.165, 1.54) is 5.56 Å². The van der Waals surface area contributed by atoms with Gasteiger partial charge in [0.05, 0.1) is 29.6 Å². The molecule has 4 nitrogen and oxygen atoms in total. The van der Waals surface area contributed by atoms with E-state index in [1.807, 2.05) is 42.5 Å². The summed E-state index contributed by atoms with van der Waals surface area (Å²) < 4.78 is 6.00. The summed E-state index contributed by atoms with van der Waals surface area (Å²) in [5, 5.41) is 0. The number of imidazole rings is 1. The van der Waals surface area contributed by atoms with E-state index in [0.717, 1.165) is 34.8 Å². The van der Waals surface area contributed by atoms with Crippen molar-refractivity contribution in [3.63, 3.8) is 0 Å². The van der Waals surface area contributed by atoms with Gasteiger partial charge in [-0.3, -0.25) is 4.99 Å². The molecule has 0 fully saturated rings. The summed E-state index contributed by atoms with van der Waals surface area (Å²) in [6.07, 6.45) is 4.33. The third kappa shape index (κ3) is 2.39. The topological polar surface area (TPSA) is 50.3 Å². The molecule has 4 heteroatoms. The van der Waals surface area contributed by atoms with Crippen molar-refractivity contribution in [2.75, 3.05) is 6.61 Å². The fourth-order valence-corrected chi connectivity index (χ4v) is 2.66. The number of benzene rings is 2. The minimum Gasteiger partial charge on any atom is -0.487 e. The average Bonchev–Trinajstić information content (AvgIpc) is 3.22. The van der Waals surface area contributed by atoms with E-state index in [1.54, 1.807) is 12.5 Å². The van der Waals surface area contributed by atoms with Crippen molar-refractivity contribution >= 4 is 11.4 Å². The summed E-state index contributed by atoms with van der Waals surface area (Å²) in [5.74, 6) is 0.838. The second-order valence-corrected chi connectivity index (χ2v) is 5.23. The molecule has 0 spiro atoms. The highest BCUT2D eigenvalue weighted by Crippen LogP contribution is 2.29. The minimum atomic E-state index is 0.500. The summed E-state index contributed by atoms with van der Waals surface area (Å²) in [6, 6.07) is 16.2. The molecule has 1 aliphatic heterocycles. The Kier molecular flexibility index (Phi) is 3.20. The number of nitrogens with one attached hydrogen (secondary N) is 1. The van der Waals surface area contributed by atoms with Gasteiger partial charge < -0.3 is 9.72 Å². The molecule has 1 aromatic heterocycles. The van der Waals surface area contributed by atoms with Gasteiger partial charge in [0.1, 0.15) is 12.4 Å². The molecule has 4 rings (SSSR count). The van der Waals surface area contributed by atoms with Crippen molar-refractivity contribution in [3.8, 4) is 17.0 Å². The largest absolute Gasteiger partial charge is 0.487 e. The average molecular weight is 289 g/mol. The molecule has 0 saturated heterocycles. The van der Waals surface area contributed by atoms with Crippen LogP contribution in [-0.2, 0) is 6.42 Å². The smallest absolute Gasteiger partial charge is 0.129 e. The van der Waals surface area contributed by atoms with Gasteiger partial charge in [0.25, 0.3) is 0 Å².